The number of esters is 1. The molecule has 3 heterocycles. The summed E-state index contributed by atoms with van der Waals surface area (Å²) in [4.78, 5) is 29.3. The molecule has 1 saturated heterocycles. The number of pyridine rings is 1. The summed E-state index contributed by atoms with van der Waals surface area (Å²) in [6.07, 6.45) is -3.40. The van der Waals surface area contributed by atoms with Gasteiger partial charge in [-0.15, -0.1) is 0 Å². The van der Waals surface area contributed by atoms with Crippen LogP contribution in [0.25, 0.3) is 17.1 Å². The van der Waals surface area contributed by atoms with Gasteiger partial charge in [-0.05, 0) is 73.6 Å². The average molecular weight is 609 g/mol. The molecule has 0 saturated carbocycles. The molecule has 12 heteroatoms. The second-order valence-electron chi connectivity index (χ2n) is 10.4. The molecule has 0 spiro atoms. The summed E-state index contributed by atoms with van der Waals surface area (Å²) in [7, 11) is 0. The molecule has 44 heavy (non-hydrogen) atoms. The predicted molar refractivity (Wildman–Crippen MR) is 155 cm³/mol. The number of alkyl halides is 3. The molecule has 1 aliphatic rings. The number of rotatable bonds is 8. The topological polar surface area (TPSA) is 107 Å². The van der Waals surface area contributed by atoms with Gasteiger partial charge in [-0.1, -0.05) is 36.4 Å². The van der Waals surface area contributed by atoms with Gasteiger partial charge in [0.05, 0.1) is 18.5 Å². The Bertz CT molecular complexity index is 1660. The zero-order valence-corrected chi connectivity index (χ0v) is 24.2. The highest BCUT2D eigenvalue weighted by atomic mass is 19.4. The molecule has 230 valence electrons. The van der Waals surface area contributed by atoms with Crippen LogP contribution in [0.15, 0.2) is 66.9 Å². The molecule has 1 aliphatic heterocycles. The maximum absolute atomic E-state index is 14.0. The van der Waals surface area contributed by atoms with E-state index in [0.717, 1.165) is 30.2 Å². The number of para-hydroxylation sites is 1. The van der Waals surface area contributed by atoms with Crippen molar-refractivity contribution >= 4 is 12.1 Å². The van der Waals surface area contributed by atoms with Crippen molar-refractivity contribution in [2.45, 2.75) is 45.4 Å². The van der Waals surface area contributed by atoms with Gasteiger partial charge < -0.3 is 19.5 Å². The SMILES string of the molecule is CCOC(=O)c1cnn(-c2cccc(-c3ccccc3OCc3ccc(C4CCN(C(=O)O)CC4)cc3C)n2)c1C(F)(F)F. The summed E-state index contributed by atoms with van der Waals surface area (Å²) >= 11 is 0. The van der Waals surface area contributed by atoms with Crippen molar-refractivity contribution in [3.63, 3.8) is 0 Å². The number of carboxylic acid groups (broad SMARTS) is 1. The highest BCUT2D eigenvalue weighted by molar-refractivity contribution is 5.90. The van der Waals surface area contributed by atoms with E-state index < -0.39 is 29.5 Å². The van der Waals surface area contributed by atoms with E-state index in [9.17, 15) is 27.9 Å². The van der Waals surface area contributed by atoms with E-state index in [0.29, 0.717) is 40.7 Å². The van der Waals surface area contributed by atoms with E-state index in [4.69, 9.17) is 9.47 Å². The van der Waals surface area contributed by atoms with E-state index in [1.165, 1.54) is 23.5 Å². The van der Waals surface area contributed by atoms with Crippen LogP contribution in [0.5, 0.6) is 5.75 Å². The first-order valence-corrected chi connectivity index (χ1v) is 14.2. The monoisotopic (exact) mass is 608 g/mol. The summed E-state index contributed by atoms with van der Waals surface area (Å²) < 4.78 is 53.7. The van der Waals surface area contributed by atoms with Gasteiger partial charge >= 0.3 is 18.2 Å². The Hall–Kier alpha value is -4.87. The second kappa shape index (κ2) is 12.8. The van der Waals surface area contributed by atoms with Crippen molar-refractivity contribution < 1.29 is 37.3 Å². The number of carbonyl (C=O) groups is 2. The molecular formula is C32H31F3N4O5. The Morgan fingerprint density at radius 1 is 1.05 bits per heavy atom. The van der Waals surface area contributed by atoms with Gasteiger partial charge in [0, 0.05) is 18.7 Å². The molecule has 5 rings (SSSR count). The third-order valence-corrected chi connectivity index (χ3v) is 7.63. The molecule has 0 radical (unpaired) electrons. The maximum Gasteiger partial charge on any atom is 0.434 e. The summed E-state index contributed by atoms with van der Waals surface area (Å²) in [6.45, 7) is 4.70. The number of halogens is 3. The fourth-order valence-electron chi connectivity index (χ4n) is 5.34. The van der Waals surface area contributed by atoms with Gasteiger partial charge in [-0.2, -0.15) is 18.3 Å². The summed E-state index contributed by atoms with van der Waals surface area (Å²) in [5.41, 5.74) is 2.14. The Morgan fingerprint density at radius 2 is 1.80 bits per heavy atom. The lowest BCUT2D eigenvalue weighted by atomic mass is 9.88. The molecule has 0 bridgehead atoms. The number of hydrogen-bond donors (Lipinski definition) is 1. The van der Waals surface area contributed by atoms with Gasteiger partial charge in [0.2, 0.25) is 0 Å². The quantitative estimate of drug-likeness (QED) is 0.218. The Labute approximate surface area is 251 Å². The van der Waals surface area contributed by atoms with E-state index in [-0.39, 0.29) is 19.0 Å². The highest BCUT2D eigenvalue weighted by Gasteiger charge is 2.41. The molecule has 1 fully saturated rings. The van der Waals surface area contributed by atoms with Crippen LogP contribution >= 0.6 is 0 Å². The summed E-state index contributed by atoms with van der Waals surface area (Å²) in [5, 5.41) is 13.0. The lowest BCUT2D eigenvalue weighted by Crippen LogP contribution is -2.36. The molecule has 1 amide bonds. The van der Waals surface area contributed by atoms with Crippen molar-refractivity contribution in [1.29, 1.82) is 0 Å². The molecule has 9 nitrogen and oxygen atoms in total. The zero-order valence-electron chi connectivity index (χ0n) is 24.2. The zero-order chi connectivity index (χ0) is 31.4. The van der Waals surface area contributed by atoms with Crippen molar-refractivity contribution in [3.8, 4) is 22.8 Å². The number of amides is 1. The largest absolute Gasteiger partial charge is 0.488 e. The van der Waals surface area contributed by atoms with Crippen LogP contribution in [0.2, 0.25) is 0 Å². The number of piperidine rings is 1. The summed E-state index contributed by atoms with van der Waals surface area (Å²) in [5.74, 6) is -0.460. The lowest BCUT2D eigenvalue weighted by molar-refractivity contribution is -0.143. The average Bonchev–Trinajstić information content (AvgIpc) is 3.48. The molecule has 1 N–H and O–H groups in total. The summed E-state index contributed by atoms with van der Waals surface area (Å²) in [6, 6.07) is 17.9. The van der Waals surface area contributed by atoms with Gasteiger partial charge in [-0.25, -0.2) is 19.3 Å². The van der Waals surface area contributed by atoms with Crippen LogP contribution in [0.3, 0.4) is 0 Å². The molecule has 0 aliphatic carbocycles. The first-order valence-electron chi connectivity index (χ1n) is 14.2. The molecule has 4 aromatic rings. The third-order valence-electron chi connectivity index (χ3n) is 7.63. The minimum Gasteiger partial charge on any atom is -0.488 e. The number of hydrogen-bond acceptors (Lipinski definition) is 6. The van der Waals surface area contributed by atoms with Gasteiger partial charge in [-0.3, -0.25) is 0 Å². The Kier molecular flexibility index (Phi) is 8.88. The number of ether oxygens (including phenoxy) is 2. The van der Waals surface area contributed by atoms with Crippen LogP contribution in [-0.4, -0.2) is 56.5 Å². The number of aromatic nitrogens is 3. The van der Waals surface area contributed by atoms with Crippen molar-refractivity contribution in [2.75, 3.05) is 19.7 Å². The molecular weight excluding hydrogens is 577 g/mol. The predicted octanol–water partition coefficient (Wildman–Crippen LogP) is 6.87. The smallest absolute Gasteiger partial charge is 0.434 e. The minimum absolute atomic E-state index is 0.0799. The van der Waals surface area contributed by atoms with Gasteiger partial charge in [0.1, 0.15) is 17.9 Å². The van der Waals surface area contributed by atoms with Crippen molar-refractivity contribution in [1.82, 2.24) is 19.7 Å². The van der Waals surface area contributed by atoms with Crippen molar-refractivity contribution in [3.05, 3.63) is 94.8 Å². The first-order chi connectivity index (χ1) is 21.1. The second-order valence-corrected chi connectivity index (χ2v) is 10.4. The molecule has 2 aromatic heterocycles. The fraction of sp³-hybridized carbons (Fsp3) is 0.312. The van der Waals surface area contributed by atoms with Gasteiger partial charge in [0.25, 0.3) is 0 Å². The number of likely N-dealkylation sites (tertiary alicyclic amines) is 1. The number of aryl methyl sites for hydroxylation is 1. The third kappa shape index (κ3) is 6.53. The van der Waals surface area contributed by atoms with E-state index in [1.807, 2.05) is 13.0 Å². The maximum atomic E-state index is 14.0. The fourth-order valence-corrected chi connectivity index (χ4v) is 5.34. The van der Waals surface area contributed by atoms with Crippen LogP contribution < -0.4 is 4.74 Å². The van der Waals surface area contributed by atoms with Crippen LogP contribution in [0.4, 0.5) is 18.0 Å². The van der Waals surface area contributed by atoms with Crippen LogP contribution in [0.1, 0.15) is 58.4 Å². The van der Waals surface area contributed by atoms with Crippen molar-refractivity contribution in [2.24, 2.45) is 0 Å². The van der Waals surface area contributed by atoms with E-state index in [1.54, 1.807) is 36.4 Å². The Balaban J connectivity index is 1.36. The van der Waals surface area contributed by atoms with E-state index >= 15 is 0 Å². The number of carbonyl (C=O) groups excluding carboxylic acids is 1. The van der Waals surface area contributed by atoms with E-state index in [2.05, 4.69) is 22.2 Å². The lowest BCUT2D eigenvalue weighted by Gasteiger charge is -2.30. The van der Waals surface area contributed by atoms with Gasteiger partial charge in [0.15, 0.2) is 11.5 Å². The standard InChI is InChI=1S/C32H31F3N4O5/c1-3-43-30(40)25-18-36-39(29(25)32(33,34)35)28-10-6-8-26(37-28)24-7-4-5-9-27(24)44-19-23-12-11-22(17-20(23)2)21-13-15-38(16-14-21)31(41)42/h4-12,17-18,21H,3,13-16,19H2,1-2H3,(H,41,42). The number of nitrogens with zero attached hydrogens (tertiary/aromatic N) is 4. The minimum atomic E-state index is -4.89. The highest BCUT2D eigenvalue weighted by Crippen LogP contribution is 2.35. The molecule has 0 unspecified atom stereocenters. The number of benzene rings is 2. The molecule has 0 atom stereocenters. The Morgan fingerprint density at radius 3 is 2.48 bits per heavy atom. The molecule has 2 aromatic carbocycles. The van der Waals surface area contributed by atoms with Crippen LogP contribution in [-0.2, 0) is 17.5 Å². The van der Waals surface area contributed by atoms with Crippen LogP contribution in [0, 0.1) is 6.92 Å². The first kappa shape index (κ1) is 30.6. The normalized spacial score (nSPS) is 14.0.